The normalized spacial score (nSPS) is 17.6. The van der Waals surface area contributed by atoms with E-state index in [9.17, 15) is 9.90 Å². The number of phenolic OH excluding ortho intramolecular Hbond substituents is 1. The number of benzene rings is 1. The molecule has 0 aliphatic carbocycles. The van der Waals surface area contributed by atoms with Crippen molar-refractivity contribution in [2.24, 2.45) is 5.92 Å². The molecule has 1 aliphatic heterocycles. The highest BCUT2D eigenvalue weighted by molar-refractivity contribution is 5.68. The number of ether oxygens (including phenoxy) is 1. The van der Waals surface area contributed by atoms with Gasteiger partial charge in [0.15, 0.2) is 0 Å². The molecule has 134 valence electrons. The van der Waals surface area contributed by atoms with E-state index in [0.29, 0.717) is 17.6 Å². The Kier molecular flexibility index (Phi) is 6.10. The fourth-order valence-corrected chi connectivity index (χ4v) is 3.31. The Morgan fingerprint density at radius 3 is 2.38 bits per heavy atom. The van der Waals surface area contributed by atoms with Gasteiger partial charge >= 0.3 is 6.09 Å². The Bertz CT molecular complexity index is 529. The molecule has 1 amide bonds. The highest BCUT2D eigenvalue weighted by Gasteiger charge is 2.31. The van der Waals surface area contributed by atoms with Crippen LogP contribution < -0.4 is 5.32 Å². The number of likely N-dealkylation sites (tertiary alicyclic amines) is 1. The molecule has 0 bridgehead atoms. The van der Waals surface area contributed by atoms with Gasteiger partial charge in [0, 0.05) is 19.6 Å². The van der Waals surface area contributed by atoms with Crippen molar-refractivity contribution in [3.05, 3.63) is 29.8 Å². The van der Waals surface area contributed by atoms with E-state index in [-0.39, 0.29) is 6.09 Å². The van der Waals surface area contributed by atoms with E-state index in [4.69, 9.17) is 4.74 Å². The van der Waals surface area contributed by atoms with Crippen molar-refractivity contribution in [3.8, 4) is 5.75 Å². The standard InChI is InChI=1S/C19H30N2O3/c1-19(2,3)24-18(23)21-11-9-15(10-12-21)17(13-20-4)14-5-7-16(22)8-6-14/h5-8,15,17,20,22H,9-13H2,1-4H3. The summed E-state index contributed by atoms with van der Waals surface area (Å²) in [6.45, 7) is 8.04. The monoisotopic (exact) mass is 334 g/mol. The zero-order chi connectivity index (χ0) is 17.7. The molecule has 24 heavy (non-hydrogen) atoms. The van der Waals surface area contributed by atoms with Crippen molar-refractivity contribution in [3.63, 3.8) is 0 Å². The quantitative estimate of drug-likeness (QED) is 0.886. The second-order valence-corrected chi connectivity index (χ2v) is 7.56. The molecule has 0 aromatic heterocycles. The highest BCUT2D eigenvalue weighted by Crippen LogP contribution is 2.33. The van der Waals surface area contributed by atoms with Crippen LogP contribution in [0.15, 0.2) is 24.3 Å². The molecule has 1 heterocycles. The van der Waals surface area contributed by atoms with Gasteiger partial charge in [0.25, 0.3) is 0 Å². The summed E-state index contributed by atoms with van der Waals surface area (Å²) < 4.78 is 5.47. The second-order valence-electron chi connectivity index (χ2n) is 7.56. The molecule has 2 N–H and O–H groups in total. The molecule has 1 saturated heterocycles. The van der Waals surface area contributed by atoms with Crippen LogP contribution in [0, 0.1) is 5.92 Å². The summed E-state index contributed by atoms with van der Waals surface area (Å²) in [5.74, 6) is 1.19. The number of aromatic hydroxyl groups is 1. The first-order chi connectivity index (χ1) is 11.3. The molecule has 2 rings (SSSR count). The van der Waals surface area contributed by atoms with Gasteiger partial charge in [-0.3, -0.25) is 0 Å². The van der Waals surface area contributed by atoms with Crippen molar-refractivity contribution in [2.75, 3.05) is 26.7 Å². The Labute approximate surface area is 145 Å². The number of hydrogen-bond acceptors (Lipinski definition) is 4. The third kappa shape index (κ3) is 5.13. The van der Waals surface area contributed by atoms with E-state index in [1.807, 2.05) is 44.9 Å². The summed E-state index contributed by atoms with van der Waals surface area (Å²) in [7, 11) is 1.96. The van der Waals surface area contributed by atoms with E-state index in [1.54, 1.807) is 12.1 Å². The van der Waals surface area contributed by atoms with E-state index >= 15 is 0 Å². The van der Waals surface area contributed by atoms with Gasteiger partial charge in [-0.05, 0) is 70.2 Å². The van der Waals surface area contributed by atoms with Gasteiger partial charge in [0.2, 0.25) is 0 Å². The summed E-state index contributed by atoms with van der Waals surface area (Å²) >= 11 is 0. The van der Waals surface area contributed by atoms with Crippen molar-refractivity contribution in [1.82, 2.24) is 10.2 Å². The average Bonchev–Trinajstić information content (AvgIpc) is 2.52. The molecule has 1 unspecified atom stereocenters. The summed E-state index contributed by atoms with van der Waals surface area (Å²) in [6, 6.07) is 7.48. The fraction of sp³-hybridized carbons (Fsp3) is 0.632. The summed E-state index contributed by atoms with van der Waals surface area (Å²) in [5.41, 5.74) is 0.784. The van der Waals surface area contributed by atoms with E-state index in [0.717, 1.165) is 32.5 Å². The van der Waals surface area contributed by atoms with E-state index < -0.39 is 5.60 Å². The number of carbonyl (C=O) groups is 1. The van der Waals surface area contributed by atoms with Crippen LogP contribution in [0.3, 0.4) is 0 Å². The van der Waals surface area contributed by atoms with Crippen LogP contribution in [-0.2, 0) is 4.74 Å². The molecule has 1 aromatic rings. The third-order valence-electron chi connectivity index (χ3n) is 4.51. The fourth-order valence-electron chi connectivity index (χ4n) is 3.31. The number of phenols is 1. The number of likely N-dealkylation sites (N-methyl/N-ethyl adjacent to an activating group) is 1. The number of nitrogens with one attached hydrogen (secondary N) is 1. The molecule has 1 aromatic carbocycles. The maximum Gasteiger partial charge on any atom is 0.410 e. The molecule has 0 radical (unpaired) electrons. The van der Waals surface area contributed by atoms with Gasteiger partial charge < -0.3 is 20.1 Å². The van der Waals surface area contributed by atoms with Crippen molar-refractivity contribution >= 4 is 6.09 Å². The molecular formula is C19H30N2O3. The van der Waals surface area contributed by atoms with E-state index in [2.05, 4.69) is 5.32 Å². The van der Waals surface area contributed by atoms with Gasteiger partial charge in [-0.15, -0.1) is 0 Å². The Morgan fingerprint density at radius 1 is 1.29 bits per heavy atom. The number of piperidine rings is 1. The van der Waals surface area contributed by atoms with E-state index in [1.165, 1.54) is 5.56 Å². The van der Waals surface area contributed by atoms with Crippen LogP contribution in [0.2, 0.25) is 0 Å². The smallest absolute Gasteiger partial charge is 0.410 e. The first-order valence-corrected chi connectivity index (χ1v) is 8.71. The minimum atomic E-state index is -0.450. The summed E-state index contributed by atoms with van der Waals surface area (Å²) in [6.07, 6.45) is 1.72. The van der Waals surface area contributed by atoms with Gasteiger partial charge in [0.05, 0.1) is 0 Å². The minimum Gasteiger partial charge on any atom is -0.508 e. The maximum atomic E-state index is 12.2. The maximum absolute atomic E-state index is 12.2. The largest absolute Gasteiger partial charge is 0.508 e. The number of nitrogens with zero attached hydrogens (tertiary/aromatic N) is 1. The highest BCUT2D eigenvalue weighted by atomic mass is 16.6. The predicted octanol–water partition coefficient (Wildman–Crippen LogP) is 3.34. The van der Waals surface area contributed by atoms with Crippen molar-refractivity contribution in [1.29, 1.82) is 0 Å². The lowest BCUT2D eigenvalue weighted by atomic mass is 9.80. The minimum absolute atomic E-state index is 0.212. The first-order valence-electron chi connectivity index (χ1n) is 8.71. The lowest BCUT2D eigenvalue weighted by molar-refractivity contribution is 0.0174. The van der Waals surface area contributed by atoms with Gasteiger partial charge in [-0.1, -0.05) is 12.1 Å². The van der Waals surface area contributed by atoms with Crippen LogP contribution >= 0.6 is 0 Å². The molecule has 1 atom stereocenters. The Balaban J connectivity index is 1.98. The average molecular weight is 334 g/mol. The van der Waals surface area contributed by atoms with Crippen molar-refractivity contribution < 1.29 is 14.6 Å². The predicted molar refractivity (Wildman–Crippen MR) is 95.3 cm³/mol. The van der Waals surface area contributed by atoms with Crippen molar-refractivity contribution in [2.45, 2.75) is 45.1 Å². The third-order valence-corrected chi connectivity index (χ3v) is 4.51. The molecule has 1 aliphatic rings. The number of hydrogen-bond donors (Lipinski definition) is 2. The van der Waals surface area contributed by atoms with Gasteiger partial charge in [-0.25, -0.2) is 4.79 Å². The molecule has 5 heteroatoms. The van der Waals surface area contributed by atoms with Crippen LogP contribution in [-0.4, -0.2) is 48.4 Å². The summed E-state index contributed by atoms with van der Waals surface area (Å²) in [5, 5.41) is 12.8. The van der Waals surface area contributed by atoms with Gasteiger partial charge in [0.1, 0.15) is 11.4 Å². The molecule has 5 nitrogen and oxygen atoms in total. The van der Waals surface area contributed by atoms with Crippen LogP contribution in [0.25, 0.3) is 0 Å². The summed E-state index contributed by atoms with van der Waals surface area (Å²) in [4.78, 5) is 14.0. The second kappa shape index (κ2) is 7.88. The van der Waals surface area contributed by atoms with Crippen LogP contribution in [0.4, 0.5) is 4.79 Å². The zero-order valence-corrected chi connectivity index (χ0v) is 15.2. The molecular weight excluding hydrogens is 304 g/mol. The Morgan fingerprint density at radius 2 is 1.88 bits per heavy atom. The number of carbonyl (C=O) groups excluding carboxylic acids is 1. The SMILES string of the molecule is CNCC(c1ccc(O)cc1)C1CCN(C(=O)OC(C)(C)C)CC1. The van der Waals surface area contributed by atoms with Gasteiger partial charge in [-0.2, -0.15) is 0 Å². The Hall–Kier alpha value is -1.75. The lowest BCUT2D eigenvalue weighted by Crippen LogP contribution is -2.43. The zero-order valence-electron chi connectivity index (χ0n) is 15.2. The van der Waals surface area contributed by atoms with Crippen LogP contribution in [0.5, 0.6) is 5.75 Å². The molecule has 1 fully saturated rings. The number of amides is 1. The number of rotatable bonds is 4. The first kappa shape index (κ1) is 18.6. The van der Waals surface area contributed by atoms with Crippen LogP contribution in [0.1, 0.15) is 45.1 Å². The lowest BCUT2D eigenvalue weighted by Gasteiger charge is -2.37. The molecule has 0 saturated carbocycles. The molecule has 0 spiro atoms. The topological polar surface area (TPSA) is 61.8 Å².